The van der Waals surface area contributed by atoms with Crippen LogP contribution in [0.3, 0.4) is 0 Å². The molecule has 0 saturated carbocycles. The maximum absolute atomic E-state index is 12.7. The SMILES string of the molecule is Cc1cc(Cl)cc2sc(N3CCCC(N(C)C(=O)c4cnn(C)c4)C3)nc12. The van der Waals surface area contributed by atoms with Crippen LogP contribution in [0, 0.1) is 6.92 Å². The predicted molar refractivity (Wildman–Crippen MR) is 110 cm³/mol. The Morgan fingerprint density at radius 3 is 2.96 bits per heavy atom. The highest BCUT2D eigenvalue weighted by Gasteiger charge is 2.28. The van der Waals surface area contributed by atoms with Gasteiger partial charge in [-0.2, -0.15) is 5.10 Å². The van der Waals surface area contributed by atoms with Gasteiger partial charge >= 0.3 is 0 Å². The number of hydrogen-bond donors (Lipinski definition) is 0. The minimum absolute atomic E-state index is 0.0156. The molecule has 0 aliphatic carbocycles. The number of likely N-dealkylation sites (N-methyl/N-ethyl adjacent to an activating group) is 1. The number of piperidine rings is 1. The lowest BCUT2D eigenvalue weighted by Crippen LogP contribution is -2.48. The molecule has 3 aromatic rings. The van der Waals surface area contributed by atoms with Crippen molar-refractivity contribution in [1.82, 2.24) is 19.7 Å². The zero-order chi connectivity index (χ0) is 19.1. The number of thiazole rings is 1. The summed E-state index contributed by atoms with van der Waals surface area (Å²) in [5.41, 5.74) is 2.74. The normalized spacial score (nSPS) is 17.5. The van der Waals surface area contributed by atoms with Crippen molar-refractivity contribution in [3.8, 4) is 0 Å². The van der Waals surface area contributed by atoms with Gasteiger partial charge in [0.05, 0.1) is 22.0 Å². The van der Waals surface area contributed by atoms with E-state index in [9.17, 15) is 4.79 Å². The van der Waals surface area contributed by atoms with Gasteiger partial charge in [-0.15, -0.1) is 0 Å². The van der Waals surface area contributed by atoms with Crippen LogP contribution in [0.4, 0.5) is 5.13 Å². The van der Waals surface area contributed by atoms with Crippen LogP contribution in [0.25, 0.3) is 10.2 Å². The van der Waals surface area contributed by atoms with Gasteiger partial charge in [-0.3, -0.25) is 9.48 Å². The second-order valence-corrected chi connectivity index (χ2v) is 8.57. The number of halogens is 1. The van der Waals surface area contributed by atoms with E-state index in [0.717, 1.165) is 51.9 Å². The topological polar surface area (TPSA) is 54.3 Å². The number of carbonyl (C=O) groups excluding carboxylic acids is 1. The summed E-state index contributed by atoms with van der Waals surface area (Å²) in [6, 6.07) is 4.08. The van der Waals surface area contributed by atoms with Crippen molar-refractivity contribution in [3.63, 3.8) is 0 Å². The molecule has 2 aromatic heterocycles. The Kier molecular flexibility index (Phi) is 4.82. The summed E-state index contributed by atoms with van der Waals surface area (Å²) in [5.74, 6) is 0.0156. The maximum atomic E-state index is 12.7. The van der Waals surface area contributed by atoms with E-state index in [2.05, 4.69) is 10.00 Å². The van der Waals surface area contributed by atoms with Crippen molar-refractivity contribution < 1.29 is 4.79 Å². The third kappa shape index (κ3) is 3.53. The molecule has 4 rings (SSSR count). The lowest BCUT2D eigenvalue weighted by molar-refractivity contribution is 0.0717. The number of hydrogen-bond acceptors (Lipinski definition) is 5. The van der Waals surface area contributed by atoms with E-state index in [0.29, 0.717) is 5.56 Å². The summed E-state index contributed by atoms with van der Waals surface area (Å²) < 4.78 is 2.76. The molecule has 1 fully saturated rings. The Hall–Kier alpha value is -2.12. The molecule has 0 N–H and O–H groups in total. The quantitative estimate of drug-likeness (QED) is 0.668. The van der Waals surface area contributed by atoms with Crippen LogP contribution >= 0.6 is 22.9 Å². The molecule has 0 radical (unpaired) electrons. The van der Waals surface area contributed by atoms with Gasteiger partial charge in [0.15, 0.2) is 5.13 Å². The molecule has 0 bridgehead atoms. The molecule has 1 amide bonds. The average molecular weight is 404 g/mol. The third-order valence-corrected chi connectivity index (χ3v) is 6.41. The van der Waals surface area contributed by atoms with Gasteiger partial charge in [-0.05, 0) is 37.5 Å². The van der Waals surface area contributed by atoms with Gasteiger partial charge in [0.2, 0.25) is 0 Å². The minimum atomic E-state index is 0.0156. The minimum Gasteiger partial charge on any atom is -0.346 e. The molecule has 3 heterocycles. The molecule has 8 heteroatoms. The number of nitrogens with zero attached hydrogens (tertiary/aromatic N) is 5. The van der Waals surface area contributed by atoms with Crippen molar-refractivity contribution in [1.29, 1.82) is 0 Å². The Morgan fingerprint density at radius 2 is 2.22 bits per heavy atom. The van der Waals surface area contributed by atoms with E-state index < -0.39 is 0 Å². The van der Waals surface area contributed by atoms with E-state index in [4.69, 9.17) is 16.6 Å². The van der Waals surface area contributed by atoms with Gasteiger partial charge in [-0.25, -0.2) is 4.98 Å². The molecule has 142 valence electrons. The Bertz CT molecular complexity index is 997. The summed E-state index contributed by atoms with van der Waals surface area (Å²) in [4.78, 5) is 21.7. The summed E-state index contributed by atoms with van der Waals surface area (Å²) in [7, 11) is 3.70. The second kappa shape index (κ2) is 7.13. The summed E-state index contributed by atoms with van der Waals surface area (Å²) >= 11 is 7.86. The number of rotatable bonds is 3. The first kappa shape index (κ1) is 18.3. The fraction of sp³-hybridized carbons (Fsp3) is 0.421. The van der Waals surface area contributed by atoms with E-state index in [-0.39, 0.29) is 11.9 Å². The maximum Gasteiger partial charge on any atom is 0.257 e. The van der Waals surface area contributed by atoms with Crippen LogP contribution in [-0.2, 0) is 7.05 Å². The molecular formula is C19H22ClN5OS. The van der Waals surface area contributed by atoms with Crippen LogP contribution < -0.4 is 4.90 Å². The number of amides is 1. The Balaban J connectivity index is 1.54. The zero-order valence-electron chi connectivity index (χ0n) is 15.6. The monoisotopic (exact) mass is 403 g/mol. The van der Waals surface area contributed by atoms with Crippen LogP contribution in [-0.4, -0.2) is 51.8 Å². The number of fused-ring (bicyclic) bond motifs is 1. The highest BCUT2D eigenvalue weighted by molar-refractivity contribution is 7.22. The molecule has 0 spiro atoms. The Morgan fingerprint density at radius 1 is 1.41 bits per heavy atom. The van der Waals surface area contributed by atoms with Gasteiger partial charge in [0, 0.05) is 44.4 Å². The van der Waals surface area contributed by atoms with E-state index >= 15 is 0 Å². The first-order valence-electron chi connectivity index (χ1n) is 9.00. The van der Waals surface area contributed by atoms with E-state index in [1.165, 1.54) is 0 Å². The zero-order valence-corrected chi connectivity index (χ0v) is 17.2. The molecule has 1 aliphatic rings. The number of aromatic nitrogens is 3. The molecule has 1 atom stereocenters. The molecule has 1 unspecified atom stereocenters. The summed E-state index contributed by atoms with van der Waals surface area (Å²) in [6.07, 6.45) is 5.42. The van der Waals surface area contributed by atoms with E-state index in [1.54, 1.807) is 28.4 Å². The Labute approximate surface area is 167 Å². The van der Waals surface area contributed by atoms with Crippen molar-refractivity contribution >= 4 is 44.2 Å². The summed E-state index contributed by atoms with van der Waals surface area (Å²) in [6.45, 7) is 3.78. The highest BCUT2D eigenvalue weighted by Crippen LogP contribution is 2.34. The van der Waals surface area contributed by atoms with Crippen LogP contribution in [0.1, 0.15) is 28.8 Å². The van der Waals surface area contributed by atoms with Gasteiger partial charge in [0.1, 0.15) is 0 Å². The number of carbonyl (C=O) groups is 1. The largest absolute Gasteiger partial charge is 0.346 e. The van der Waals surface area contributed by atoms with Crippen molar-refractivity contribution in [3.05, 3.63) is 40.7 Å². The molecular weight excluding hydrogens is 382 g/mol. The molecule has 1 aliphatic heterocycles. The first-order valence-corrected chi connectivity index (χ1v) is 10.2. The third-order valence-electron chi connectivity index (χ3n) is 5.13. The summed E-state index contributed by atoms with van der Waals surface area (Å²) in [5, 5.41) is 5.85. The highest BCUT2D eigenvalue weighted by atomic mass is 35.5. The van der Waals surface area contributed by atoms with Crippen LogP contribution in [0.5, 0.6) is 0 Å². The van der Waals surface area contributed by atoms with Gasteiger partial charge < -0.3 is 9.80 Å². The lowest BCUT2D eigenvalue weighted by Gasteiger charge is -2.37. The van der Waals surface area contributed by atoms with Crippen molar-refractivity contribution in [2.75, 3.05) is 25.0 Å². The molecule has 6 nitrogen and oxygen atoms in total. The molecule has 1 aromatic carbocycles. The van der Waals surface area contributed by atoms with Crippen molar-refractivity contribution in [2.45, 2.75) is 25.8 Å². The predicted octanol–water partition coefficient (Wildman–Crippen LogP) is 3.73. The smallest absolute Gasteiger partial charge is 0.257 e. The van der Waals surface area contributed by atoms with Gasteiger partial charge in [-0.1, -0.05) is 22.9 Å². The molecule has 1 saturated heterocycles. The van der Waals surface area contributed by atoms with E-state index in [1.807, 2.05) is 38.1 Å². The van der Waals surface area contributed by atoms with Crippen LogP contribution in [0.15, 0.2) is 24.5 Å². The average Bonchev–Trinajstić information content (AvgIpc) is 3.27. The number of aryl methyl sites for hydroxylation is 2. The van der Waals surface area contributed by atoms with Gasteiger partial charge in [0.25, 0.3) is 5.91 Å². The fourth-order valence-corrected chi connectivity index (χ4v) is 5.08. The molecule has 27 heavy (non-hydrogen) atoms. The second-order valence-electron chi connectivity index (χ2n) is 7.13. The first-order chi connectivity index (χ1) is 12.9. The van der Waals surface area contributed by atoms with Crippen LogP contribution in [0.2, 0.25) is 5.02 Å². The standard InChI is InChI=1S/C19H22ClN5OS/c1-12-7-14(20)8-16-17(12)22-19(27-16)25-6-4-5-15(11-25)24(3)18(26)13-9-21-23(2)10-13/h7-10,15H,4-6,11H2,1-3H3. The lowest BCUT2D eigenvalue weighted by atomic mass is 10.0. The fourth-order valence-electron chi connectivity index (χ4n) is 3.62. The number of anilines is 1. The number of benzene rings is 1. The van der Waals surface area contributed by atoms with Crippen molar-refractivity contribution in [2.24, 2.45) is 7.05 Å².